The molecule has 0 saturated heterocycles. The van der Waals surface area contributed by atoms with Crippen LogP contribution in [0.2, 0.25) is 0 Å². The number of ether oxygens (including phenoxy) is 1. The summed E-state index contributed by atoms with van der Waals surface area (Å²) in [6.07, 6.45) is 1.74. The van der Waals surface area contributed by atoms with Crippen molar-refractivity contribution in [3.05, 3.63) is 72.1 Å². The van der Waals surface area contributed by atoms with E-state index in [1.165, 1.54) is 16.8 Å². The Hall–Kier alpha value is -3.99. The number of sulfone groups is 1. The summed E-state index contributed by atoms with van der Waals surface area (Å²) in [5.74, 6) is -1.34. The average Bonchev–Trinajstić information content (AvgIpc) is 3.42. The zero-order chi connectivity index (χ0) is 25.2. The number of benzene rings is 2. The maximum absolute atomic E-state index is 13.0. The van der Waals surface area contributed by atoms with Gasteiger partial charge in [-0.15, -0.1) is 0 Å². The first-order chi connectivity index (χ1) is 16.7. The van der Waals surface area contributed by atoms with Gasteiger partial charge in [0.25, 0.3) is 5.91 Å². The number of fused-ring (bicyclic) bond motifs is 1. The molecule has 1 amide bonds. The Morgan fingerprint density at radius 1 is 1.11 bits per heavy atom. The summed E-state index contributed by atoms with van der Waals surface area (Å²) in [5, 5.41) is 12.7. The fourth-order valence-electron chi connectivity index (χ4n) is 3.68. The van der Waals surface area contributed by atoms with E-state index in [4.69, 9.17) is 4.74 Å². The zero-order valence-corrected chi connectivity index (χ0v) is 20.3. The minimum atomic E-state index is -3.81. The molecule has 0 radical (unpaired) electrons. The third kappa shape index (κ3) is 5.09. The van der Waals surface area contributed by atoms with Crippen molar-refractivity contribution in [2.24, 2.45) is 7.05 Å². The molecular weight excluding hydrogens is 470 g/mol. The molecule has 4 rings (SSSR count). The van der Waals surface area contributed by atoms with Crippen molar-refractivity contribution in [3.63, 3.8) is 0 Å². The van der Waals surface area contributed by atoms with Crippen molar-refractivity contribution in [2.45, 2.75) is 24.8 Å². The molecular formula is C24H25N5O5S. The van der Waals surface area contributed by atoms with Crippen LogP contribution in [0.25, 0.3) is 16.7 Å². The lowest BCUT2D eigenvalue weighted by Crippen LogP contribution is -2.28. The second-order valence-electron chi connectivity index (χ2n) is 7.95. The molecule has 11 heteroatoms. The molecule has 0 aliphatic carbocycles. The number of aryl methyl sites for hydroxylation is 1. The van der Waals surface area contributed by atoms with Gasteiger partial charge in [-0.25, -0.2) is 13.1 Å². The lowest BCUT2D eigenvalue weighted by atomic mass is 10.1. The van der Waals surface area contributed by atoms with Crippen LogP contribution >= 0.6 is 0 Å². The van der Waals surface area contributed by atoms with E-state index in [-0.39, 0.29) is 17.4 Å². The van der Waals surface area contributed by atoms with E-state index in [0.717, 1.165) is 10.9 Å². The fraction of sp³-hybridized carbons (Fsp3) is 0.250. The van der Waals surface area contributed by atoms with Crippen molar-refractivity contribution < 1.29 is 22.7 Å². The molecule has 0 spiro atoms. The van der Waals surface area contributed by atoms with Gasteiger partial charge in [0.2, 0.25) is 0 Å². The van der Waals surface area contributed by atoms with Gasteiger partial charge in [-0.1, -0.05) is 30.3 Å². The fourth-order valence-corrected chi connectivity index (χ4v) is 4.79. The molecule has 2 aromatic carbocycles. The third-order valence-electron chi connectivity index (χ3n) is 5.49. The first kappa shape index (κ1) is 24.1. The van der Waals surface area contributed by atoms with Crippen LogP contribution in [0.5, 0.6) is 0 Å². The van der Waals surface area contributed by atoms with Gasteiger partial charge in [0, 0.05) is 18.5 Å². The van der Waals surface area contributed by atoms with Crippen LogP contribution in [0, 0.1) is 0 Å². The molecule has 0 bridgehead atoms. The minimum Gasteiger partial charge on any atom is -0.465 e. The second kappa shape index (κ2) is 9.71. The molecule has 0 unspecified atom stereocenters. The van der Waals surface area contributed by atoms with Crippen LogP contribution in [-0.4, -0.2) is 52.2 Å². The standard InChI is InChI=1S/C24H25N5O5S/c1-4-34-23(30)15-35(32,33)19-11-9-17(10-12-19)16(2)26-24(31)21-13-22(27-28(21)3)29-20-8-6-5-7-18(20)14-25-29/h5-14,16H,4,15H2,1-3H3,(H,26,31)/t16-/m1/s1. The third-order valence-corrected chi connectivity index (χ3v) is 7.10. The van der Waals surface area contributed by atoms with E-state index in [0.29, 0.717) is 17.1 Å². The van der Waals surface area contributed by atoms with Crippen LogP contribution < -0.4 is 5.32 Å². The SMILES string of the molecule is CCOC(=O)CS(=O)(=O)c1ccc([C@@H](C)NC(=O)c2cc(-n3ncc4ccccc43)nn2C)cc1. The highest BCUT2D eigenvalue weighted by atomic mass is 32.2. The predicted octanol–water partition coefficient (Wildman–Crippen LogP) is 2.59. The van der Waals surface area contributed by atoms with Gasteiger partial charge in [-0.2, -0.15) is 10.2 Å². The second-order valence-corrected chi connectivity index (χ2v) is 9.94. The summed E-state index contributed by atoms with van der Waals surface area (Å²) in [5.41, 5.74) is 1.93. The number of para-hydroxylation sites is 1. The molecule has 0 fully saturated rings. The Labute approximate surface area is 202 Å². The predicted molar refractivity (Wildman–Crippen MR) is 129 cm³/mol. The smallest absolute Gasteiger partial charge is 0.321 e. The molecule has 0 aliphatic rings. The van der Waals surface area contributed by atoms with Crippen molar-refractivity contribution in [3.8, 4) is 5.82 Å². The number of aromatic nitrogens is 4. The van der Waals surface area contributed by atoms with E-state index in [2.05, 4.69) is 15.5 Å². The number of esters is 1. The lowest BCUT2D eigenvalue weighted by molar-refractivity contribution is -0.139. The van der Waals surface area contributed by atoms with Gasteiger partial charge < -0.3 is 10.1 Å². The molecule has 2 aromatic heterocycles. The Balaban J connectivity index is 1.47. The number of hydrogen-bond donors (Lipinski definition) is 1. The summed E-state index contributed by atoms with van der Waals surface area (Å²) >= 11 is 0. The topological polar surface area (TPSA) is 125 Å². The number of carbonyl (C=O) groups excluding carboxylic acids is 2. The maximum atomic E-state index is 13.0. The number of hydrogen-bond acceptors (Lipinski definition) is 7. The highest BCUT2D eigenvalue weighted by Crippen LogP contribution is 2.20. The zero-order valence-electron chi connectivity index (χ0n) is 19.5. The largest absolute Gasteiger partial charge is 0.465 e. The molecule has 1 atom stereocenters. The van der Waals surface area contributed by atoms with Gasteiger partial charge >= 0.3 is 5.97 Å². The van der Waals surface area contributed by atoms with E-state index in [9.17, 15) is 18.0 Å². The van der Waals surface area contributed by atoms with Crippen molar-refractivity contribution in [1.29, 1.82) is 0 Å². The number of carbonyl (C=O) groups is 2. The normalized spacial score (nSPS) is 12.4. The number of nitrogens with one attached hydrogen (secondary N) is 1. The van der Waals surface area contributed by atoms with Gasteiger partial charge in [0.05, 0.1) is 29.3 Å². The lowest BCUT2D eigenvalue weighted by Gasteiger charge is -2.15. The van der Waals surface area contributed by atoms with Crippen LogP contribution in [0.4, 0.5) is 0 Å². The minimum absolute atomic E-state index is 0.00977. The van der Waals surface area contributed by atoms with E-state index < -0.39 is 27.6 Å². The molecule has 0 aliphatic heterocycles. The maximum Gasteiger partial charge on any atom is 0.321 e. The first-order valence-electron chi connectivity index (χ1n) is 11.0. The molecule has 4 aromatic rings. The quantitative estimate of drug-likeness (QED) is 0.373. The van der Waals surface area contributed by atoms with Gasteiger partial charge in [-0.3, -0.25) is 14.3 Å². The van der Waals surface area contributed by atoms with E-state index in [1.54, 1.807) is 50.0 Å². The monoisotopic (exact) mass is 495 g/mol. The molecule has 182 valence electrons. The summed E-state index contributed by atoms with van der Waals surface area (Å²) in [6, 6.07) is 15.0. The summed E-state index contributed by atoms with van der Waals surface area (Å²) in [7, 11) is -2.13. The molecule has 0 saturated carbocycles. The van der Waals surface area contributed by atoms with Gasteiger partial charge in [0.1, 0.15) is 5.69 Å². The summed E-state index contributed by atoms with van der Waals surface area (Å²) in [6.45, 7) is 3.51. The number of amides is 1. The van der Waals surface area contributed by atoms with Crippen molar-refractivity contribution >= 4 is 32.6 Å². The van der Waals surface area contributed by atoms with E-state index in [1.807, 2.05) is 24.3 Å². The Morgan fingerprint density at radius 2 is 1.83 bits per heavy atom. The molecule has 2 heterocycles. The van der Waals surface area contributed by atoms with Gasteiger partial charge in [-0.05, 0) is 37.6 Å². The van der Waals surface area contributed by atoms with Gasteiger partial charge in [0.15, 0.2) is 21.4 Å². The van der Waals surface area contributed by atoms with Crippen molar-refractivity contribution in [1.82, 2.24) is 24.9 Å². The van der Waals surface area contributed by atoms with Crippen molar-refractivity contribution in [2.75, 3.05) is 12.4 Å². The molecule has 10 nitrogen and oxygen atoms in total. The highest BCUT2D eigenvalue weighted by molar-refractivity contribution is 7.92. The Kier molecular flexibility index (Phi) is 6.70. The van der Waals surface area contributed by atoms with Crippen LogP contribution in [0.1, 0.15) is 35.9 Å². The average molecular weight is 496 g/mol. The number of nitrogens with zero attached hydrogens (tertiary/aromatic N) is 4. The summed E-state index contributed by atoms with van der Waals surface area (Å²) < 4.78 is 32.7. The van der Waals surface area contributed by atoms with E-state index >= 15 is 0 Å². The highest BCUT2D eigenvalue weighted by Gasteiger charge is 2.22. The van der Waals surface area contributed by atoms with Crippen LogP contribution in [0.15, 0.2) is 65.7 Å². The first-order valence-corrected chi connectivity index (χ1v) is 12.6. The van der Waals surface area contributed by atoms with Crippen LogP contribution in [0.3, 0.4) is 0 Å². The Bertz CT molecular complexity index is 1490. The molecule has 1 N–H and O–H groups in total. The Morgan fingerprint density at radius 3 is 2.54 bits per heavy atom. The summed E-state index contributed by atoms with van der Waals surface area (Å²) in [4.78, 5) is 24.5. The van der Waals surface area contributed by atoms with Crippen LogP contribution in [-0.2, 0) is 26.4 Å². The molecule has 35 heavy (non-hydrogen) atoms. The number of rotatable bonds is 8.